The van der Waals surface area contributed by atoms with Gasteiger partial charge in [0.25, 0.3) is 12.4 Å². The molecule has 1 aromatic carbocycles. The van der Waals surface area contributed by atoms with E-state index < -0.39 is 5.92 Å². The molecule has 3 amide bonds. The van der Waals surface area contributed by atoms with Crippen molar-refractivity contribution < 1.29 is 33.5 Å². The van der Waals surface area contributed by atoms with Crippen molar-refractivity contribution >= 4 is 24.2 Å². The maximum Gasteiger partial charge on any atom is 0.290 e. The number of benzene rings is 1. The molecule has 0 unspecified atom stereocenters. The van der Waals surface area contributed by atoms with Crippen LogP contribution in [0.4, 0.5) is 0 Å². The second-order valence-electron chi connectivity index (χ2n) is 11.0. The minimum atomic E-state index is -0.416. The monoisotopic (exact) mass is 609 g/mol. The number of carbonyl (C=O) groups is 4. The summed E-state index contributed by atoms with van der Waals surface area (Å²) in [5.74, 6) is 0.525. The molecule has 14 nitrogen and oxygen atoms in total. The van der Waals surface area contributed by atoms with Crippen LogP contribution in [0, 0.1) is 5.92 Å². The third-order valence-corrected chi connectivity index (χ3v) is 7.67. The Labute approximate surface area is 255 Å². The van der Waals surface area contributed by atoms with Crippen LogP contribution in [0.1, 0.15) is 66.8 Å². The van der Waals surface area contributed by atoms with Crippen molar-refractivity contribution in [1.29, 1.82) is 0 Å². The minimum absolute atomic E-state index is 0.0147. The van der Waals surface area contributed by atoms with Crippen LogP contribution in [0.5, 0.6) is 5.75 Å². The highest BCUT2D eigenvalue weighted by molar-refractivity contribution is 5.92. The Kier molecular flexibility index (Phi) is 11.4. The van der Waals surface area contributed by atoms with Gasteiger partial charge in [0.05, 0.1) is 12.5 Å². The molecular formula is C30H39N7O7. The number of amides is 3. The number of nitrogens with zero attached hydrogens (tertiary/aromatic N) is 6. The summed E-state index contributed by atoms with van der Waals surface area (Å²) in [6.07, 6.45) is 4.72. The lowest BCUT2D eigenvalue weighted by Gasteiger charge is -2.24. The SMILES string of the molecule is CC(C)c1cc(C(=O)N2CCCOc3cccc(c3)[C@H]3CN(C(=O)CCCn4cncn4)C[C@@H]3C(=O)NCC2)no1.O=CO. The van der Waals surface area contributed by atoms with Crippen molar-refractivity contribution in [2.24, 2.45) is 5.92 Å². The zero-order valence-electron chi connectivity index (χ0n) is 25.0. The minimum Gasteiger partial charge on any atom is -0.494 e. The van der Waals surface area contributed by atoms with E-state index >= 15 is 0 Å². The predicted octanol–water partition coefficient (Wildman–Crippen LogP) is 2.15. The zero-order valence-corrected chi connectivity index (χ0v) is 25.0. The molecule has 1 saturated heterocycles. The van der Waals surface area contributed by atoms with Crippen molar-refractivity contribution in [2.75, 3.05) is 39.3 Å². The zero-order chi connectivity index (χ0) is 31.5. The largest absolute Gasteiger partial charge is 0.494 e. The van der Waals surface area contributed by atoms with Gasteiger partial charge in [0.1, 0.15) is 24.2 Å². The number of rotatable bonds is 6. The van der Waals surface area contributed by atoms with E-state index in [1.165, 1.54) is 6.33 Å². The maximum atomic E-state index is 13.5. The topological polar surface area (TPSA) is 173 Å². The lowest BCUT2D eigenvalue weighted by atomic mass is 9.88. The Hall–Kier alpha value is -4.75. The average molecular weight is 610 g/mol. The number of hydrogen-bond donors (Lipinski definition) is 2. The molecule has 14 heteroatoms. The van der Waals surface area contributed by atoms with Crippen LogP contribution in [-0.4, -0.2) is 98.4 Å². The number of aromatic nitrogens is 4. The highest BCUT2D eigenvalue weighted by Gasteiger charge is 2.40. The number of carbonyl (C=O) groups excluding carboxylic acids is 3. The molecule has 2 atom stereocenters. The Morgan fingerprint density at radius 1 is 1.16 bits per heavy atom. The predicted molar refractivity (Wildman–Crippen MR) is 157 cm³/mol. The highest BCUT2D eigenvalue weighted by atomic mass is 16.5. The fourth-order valence-electron chi connectivity index (χ4n) is 5.37. The fourth-order valence-corrected chi connectivity index (χ4v) is 5.37. The molecule has 2 bridgehead atoms. The number of nitrogens with one attached hydrogen (secondary N) is 1. The van der Waals surface area contributed by atoms with Gasteiger partial charge in [0, 0.05) is 63.6 Å². The fraction of sp³-hybridized carbons (Fsp3) is 0.500. The first-order valence-corrected chi connectivity index (χ1v) is 14.7. The molecule has 236 valence electrons. The summed E-state index contributed by atoms with van der Waals surface area (Å²) in [5, 5.41) is 18.0. The molecule has 5 rings (SSSR count). The molecule has 44 heavy (non-hydrogen) atoms. The van der Waals surface area contributed by atoms with Gasteiger partial charge >= 0.3 is 0 Å². The van der Waals surface area contributed by atoms with E-state index in [-0.39, 0.29) is 48.3 Å². The standard InChI is InChI=1S/C29H37N7O5.CH2O2/c1-20(2)26-15-25(33-41-26)29(39)34-10-5-13-40-22-7-3-6-21(14-22)23-16-35(17-24(23)28(38)31-9-12-34)27(37)8-4-11-36-19-30-18-32-36;2-1-3/h3,6-7,14-15,18-20,23-24H,4-5,8-13,16-17H2,1-2H3,(H,31,38);1H,(H,2,3)/t23-,24+;/m1./s1. The summed E-state index contributed by atoms with van der Waals surface area (Å²) in [7, 11) is 0. The van der Waals surface area contributed by atoms with Gasteiger partial charge < -0.3 is 29.5 Å². The second-order valence-corrected chi connectivity index (χ2v) is 11.0. The first-order valence-electron chi connectivity index (χ1n) is 14.7. The summed E-state index contributed by atoms with van der Waals surface area (Å²) in [5.41, 5.74) is 1.23. The molecule has 4 heterocycles. The number of likely N-dealkylation sites (tertiary alicyclic amines) is 1. The first kappa shape index (κ1) is 32.2. The van der Waals surface area contributed by atoms with Crippen LogP contribution in [0.3, 0.4) is 0 Å². The Balaban J connectivity index is 0.00000141. The van der Waals surface area contributed by atoms with E-state index in [1.54, 1.807) is 26.9 Å². The van der Waals surface area contributed by atoms with Crippen molar-refractivity contribution in [3.63, 3.8) is 0 Å². The summed E-state index contributed by atoms with van der Waals surface area (Å²) < 4.78 is 13.1. The summed E-state index contributed by atoms with van der Waals surface area (Å²) in [6, 6.07) is 9.44. The van der Waals surface area contributed by atoms with Gasteiger partial charge in [-0.2, -0.15) is 5.10 Å². The number of ether oxygens (including phenoxy) is 1. The van der Waals surface area contributed by atoms with Crippen LogP contribution < -0.4 is 10.1 Å². The molecule has 0 radical (unpaired) electrons. The van der Waals surface area contributed by atoms with Crippen LogP contribution in [-0.2, 0) is 20.9 Å². The molecule has 2 aliphatic heterocycles. The van der Waals surface area contributed by atoms with Crippen molar-refractivity contribution in [3.8, 4) is 5.75 Å². The molecule has 1 fully saturated rings. The summed E-state index contributed by atoms with van der Waals surface area (Å²) in [6.45, 7) is 6.58. The molecule has 3 aromatic rings. The molecule has 0 saturated carbocycles. The van der Waals surface area contributed by atoms with E-state index in [1.807, 2.05) is 38.1 Å². The quantitative estimate of drug-likeness (QED) is 0.394. The van der Waals surface area contributed by atoms with E-state index in [4.69, 9.17) is 19.2 Å². The van der Waals surface area contributed by atoms with Gasteiger partial charge in [0.2, 0.25) is 11.8 Å². The van der Waals surface area contributed by atoms with E-state index in [0.29, 0.717) is 70.1 Å². The molecule has 2 aliphatic rings. The molecule has 2 N–H and O–H groups in total. The summed E-state index contributed by atoms with van der Waals surface area (Å²) in [4.78, 5) is 55.6. The highest BCUT2D eigenvalue weighted by Crippen LogP contribution is 2.35. The van der Waals surface area contributed by atoms with Gasteiger partial charge in [-0.05, 0) is 30.5 Å². The van der Waals surface area contributed by atoms with Crippen molar-refractivity contribution in [3.05, 3.63) is 60.0 Å². The molecule has 0 aliphatic carbocycles. The van der Waals surface area contributed by atoms with Gasteiger partial charge in [-0.3, -0.25) is 23.9 Å². The van der Waals surface area contributed by atoms with Gasteiger partial charge in [-0.25, -0.2) is 4.98 Å². The van der Waals surface area contributed by atoms with E-state index in [0.717, 1.165) is 5.56 Å². The van der Waals surface area contributed by atoms with Gasteiger partial charge in [0.15, 0.2) is 5.69 Å². The normalized spacial score (nSPS) is 18.8. The molecular weight excluding hydrogens is 570 g/mol. The average Bonchev–Trinajstić information content (AvgIpc) is 3.79. The molecule has 2 aromatic heterocycles. The second kappa shape index (κ2) is 15.6. The van der Waals surface area contributed by atoms with E-state index in [9.17, 15) is 14.4 Å². The van der Waals surface area contributed by atoms with Gasteiger partial charge in [-0.1, -0.05) is 31.1 Å². The van der Waals surface area contributed by atoms with Crippen LogP contribution in [0.15, 0.2) is 47.5 Å². The number of aryl methyl sites for hydroxylation is 1. The molecule has 0 spiro atoms. The first-order chi connectivity index (χ1) is 21.3. The third kappa shape index (κ3) is 8.42. The Morgan fingerprint density at radius 2 is 1.95 bits per heavy atom. The van der Waals surface area contributed by atoms with Crippen molar-refractivity contribution in [1.82, 2.24) is 35.0 Å². The van der Waals surface area contributed by atoms with Crippen LogP contribution in [0.2, 0.25) is 0 Å². The maximum absolute atomic E-state index is 13.5. The number of fused-ring (bicyclic) bond motifs is 4. The van der Waals surface area contributed by atoms with Crippen molar-refractivity contribution in [2.45, 2.75) is 51.5 Å². The number of hydrogen-bond acceptors (Lipinski definition) is 9. The third-order valence-electron chi connectivity index (χ3n) is 7.67. The lowest BCUT2D eigenvalue weighted by Crippen LogP contribution is -2.42. The lowest BCUT2D eigenvalue weighted by molar-refractivity contribution is -0.131. The van der Waals surface area contributed by atoms with Crippen LogP contribution >= 0.6 is 0 Å². The number of carboxylic acid groups (broad SMARTS) is 1. The smallest absolute Gasteiger partial charge is 0.290 e. The Bertz CT molecular complexity index is 1390. The van der Waals surface area contributed by atoms with Gasteiger partial charge in [-0.15, -0.1) is 0 Å². The summed E-state index contributed by atoms with van der Waals surface area (Å²) >= 11 is 0. The van der Waals surface area contributed by atoms with Crippen LogP contribution in [0.25, 0.3) is 0 Å². The Morgan fingerprint density at radius 3 is 2.68 bits per heavy atom. The van der Waals surface area contributed by atoms with E-state index in [2.05, 4.69) is 20.6 Å².